The van der Waals surface area contributed by atoms with E-state index in [-0.39, 0.29) is 11.6 Å². The summed E-state index contributed by atoms with van der Waals surface area (Å²) < 4.78 is 0. The maximum Gasteiger partial charge on any atom is 0.186 e. The summed E-state index contributed by atoms with van der Waals surface area (Å²) >= 11 is 0. The maximum absolute atomic E-state index is 11.2. The molecule has 0 unspecified atom stereocenters. The average Bonchev–Trinajstić information content (AvgIpc) is 2.27. The molecule has 2 rings (SSSR count). The lowest BCUT2D eigenvalue weighted by molar-refractivity contribution is 0.0994. The van der Waals surface area contributed by atoms with Crippen LogP contribution in [-0.2, 0) is 0 Å². The van der Waals surface area contributed by atoms with Gasteiger partial charge in [0.25, 0.3) is 0 Å². The van der Waals surface area contributed by atoms with Crippen LogP contribution in [0.5, 0.6) is 0 Å². The Morgan fingerprint density at radius 1 is 0.786 bits per heavy atom. The molecule has 0 aliphatic heterocycles. The first-order valence-corrected chi connectivity index (χ1v) is 4.65. The van der Waals surface area contributed by atoms with Gasteiger partial charge in [0.1, 0.15) is 0 Å². The predicted octanol–water partition coefficient (Wildman–Crippen LogP) is 2.65. The molecule has 0 bridgehead atoms. The molecule has 1 aromatic carbocycles. The maximum atomic E-state index is 11.2. The lowest BCUT2D eigenvalue weighted by atomic mass is 9.95. The minimum atomic E-state index is -0.0924. The Morgan fingerprint density at radius 3 is 1.50 bits per heavy atom. The van der Waals surface area contributed by atoms with E-state index >= 15 is 0 Å². The summed E-state index contributed by atoms with van der Waals surface area (Å²) in [5, 5.41) is 0. The van der Waals surface area contributed by atoms with Gasteiger partial charge in [-0.2, -0.15) is 0 Å². The molecule has 0 aromatic heterocycles. The van der Waals surface area contributed by atoms with Crippen LogP contribution in [0, 0.1) is 0 Å². The first kappa shape index (κ1) is 10.4. The van der Waals surface area contributed by atoms with Gasteiger partial charge in [-0.05, 0) is 12.2 Å². The van der Waals surface area contributed by atoms with Crippen molar-refractivity contribution in [1.29, 1.82) is 0 Å². The molecule has 0 heterocycles. The zero-order valence-corrected chi connectivity index (χ0v) is 8.28. The molecule has 2 heteroatoms. The molecule has 0 amide bonds. The highest BCUT2D eigenvalue weighted by atomic mass is 16.1. The van der Waals surface area contributed by atoms with Crippen molar-refractivity contribution in [3.63, 3.8) is 0 Å². The smallest absolute Gasteiger partial charge is 0.186 e. The second-order valence-corrected chi connectivity index (χ2v) is 2.61. The molecule has 0 radical (unpaired) electrons. The van der Waals surface area contributed by atoms with Crippen molar-refractivity contribution in [2.75, 3.05) is 0 Å². The van der Waals surface area contributed by atoms with Gasteiger partial charge in [0.05, 0.1) is 0 Å². The van der Waals surface area contributed by atoms with Crippen molar-refractivity contribution >= 4 is 11.6 Å². The van der Waals surface area contributed by atoms with Gasteiger partial charge in [0, 0.05) is 11.1 Å². The molecule has 0 N–H and O–H groups in total. The van der Waals surface area contributed by atoms with Crippen LogP contribution in [0.2, 0.25) is 0 Å². The highest BCUT2D eigenvalue weighted by Gasteiger charge is 2.16. The summed E-state index contributed by atoms with van der Waals surface area (Å²) in [6, 6.07) is 6.84. The summed E-state index contributed by atoms with van der Waals surface area (Å²) in [4.78, 5) is 22.4. The number of benzene rings is 1. The second-order valence-electron chi connectivity index (χ2n) is 2.61. The predicted molar refractivity (Wildman–Crippen MR) is 55.6 cm³/mol. The largest absolute Gasteiger partial charge is 0.289 e. The second kappa shape index (κ2) is 4.51. The number of ketones is 2. The SMILES string of the molecule is CC.O=C1C=CC(=O)c2ccccc21. The van der Waals surface area contributed by atoms with E-state index in [0.717, 1.165) is 0 Å². The van der Waals surface area contributed by atoms with Gasteiger partial charge in [0.15, 0.2) is 11.6 Å². The quantitative estimate of drug-likeness (QED) is 0.627. The molecule has 0 saturated heterocycles. The third-order valence-electron chi connectivity index (χ3n) is 1.84. The Hall–Kier alpha value is -1.70. The molecule has 0 saturated carbocycles. The van der Waals surface area contributed by atoms with Crippen LogP contribution < -0.4 is 0 Å². The molecule has 14 heavy (non-hydrogen) atoms. The van der Waals surface area contributed by atoms with Crippen molar-refractivity contribution in [3.05, 3.63) is 47.5 Å². The monoisotopic (exact) mass is 188 g/mol. The Labute approximate surface area is 83.3 Å². The molecule has 1 aliphatic carbocycles. The van der Waals surface area contributed by atoms with E-state index in [1.807, 2.05) is 13.8 Å². The number of fused-ring (bicyclic) bond motifs is 1. The van der Waals surface area contributed by atoms with Gasteiger partial charge in [0.2, 0.25) is 0 Å². The highest BCUT2D eigenvalue weighted by molar-refractivity contribution is 6.21. The molecule has 0 atom stereocenters. The van der Waals surface area contributed by atoms with Crippen molar-refractivity contribution < 1.29 is 9.59 Å². The number of rotatable bonds is 0. The number of allylic oxidation sites excluding steroid dienone is 2. The van der Waals surface area contributed by atoms with Crippen LogP contribution in [0.15, 0.2) is 36.4 Å². The zero-order chi connectivity index (χ0) is 10.6. The number of carbonyl (C=O) groups is 2. The molecule has 1 aliphatic rings. The lowest BCUT2D eigenvalue weighted by Gasteiger charge is -2.06. The fourth-order valence-corrected chi connectivity index (χ4v) is 1.24. The molecular weight excluding hydrogens is 176 g/mol. The normalized spacial score (nSPS) is 13.0. The van der Waals surface area contributed by atoms with Crippen LogP contribution in [-0.4, -0.2) is 11.6 Å². The number of carbonyl (C=O) groups excluding carboxylic acids is 2. The van der Waals surface area contributed by atoms with E-state index in [1.165, 1.54) is 12.2 Å². The third kappa shape index (κ3) is 1.79. The minimum absolute atomic E-state index is 0.0924. The van der Waals surface area contributed by atoms with Gasteiger partial charge in [-0.25, -0.2) is 0 Å². The van der Waals surface area contributed by atoms with E-state index in [9.17, 15) is 9.59 Å². The Bertz CT molecular complexity index is 352. The van der Waals surface area contributed by atoms with Crippen molar-refractivity contribution in [3.8, 4) is 0 Å². The van der Waals surface area contributed by atoms with Gasteiger partial charge >= 0.3 is 0 Å². The molecule has 2 nitrogen and oxygen atoms in total. The van der Waals surface area contributed by atoms with E-state index in [0.29, 0.717) is 11.1 Å². The van der Waals surface area contributed by atoms with Crippen molar-refractivity contribution in [2.45, 2.75) is 13.8 Å². The summed E-state index contributed by atoms with van der Waals surface area (Å²) in [5.74, 6) is -0.185. The van der Waals surface area contributed by atoms with Gasteiger partial charge < -0.3 is 0 Å². The fourth-order valence-electron chi connectivity index (χ4n) is 1.24. The average molecular weight is 188 g/mol. The highest BCUT2D eigenvalue weighted by Crippen LogP contribution is 2.15. The van der Waals surface area contributed by atoms with Crippen LogP contribution in [0.1, 0.15) is 34.6 Å². The molecule has 0 spiro atoms. The summed E-state index contributed by atoms with van der Waals surface area (Å²) in [7, 11) is 0. The Balaban J connectivity index is 0.000000461. The fraction of sp³-hybridized carbons (Fsp3) is 0.167. The van der Waals surface area contributed by atoms with Gasteiger partial charge in [-0.1, -0.05) is 38.1 Å². The molecule has 1 aromatic rings. The summed E-state index contributed by atoms with van der Waals surface area (Å²) in [6.07, 6.45) is 2.62. The zero-order valence-electron chi connectivity index (χ0n) is 8.28. The standard InChI is InChI=1S/C10H6O2.C2H6/c11-9-5-6-10(12)8-4-2-1-3-7(8)9;1-2/h1-6H;1-2H3. The van der Waals surface area contributed by atoms with Crippen LogP contribution in [0.3, 0.4) is 0 Å². The third-order valence-corrected chi connectivity index (χ3v) is 1.84. The van der Waals surface area contributed by atoms with Crippen molar-refractivity contribution in [2.24, 2.45) is 0 Å². The first-order valence-electron chi connectivity index (χ1n) is 4.65. The topological polar surface area (TPSA) is 34.1 Å². The van der Waals surface area contributed by atoms with E-state index in [1.54, 1.807) is 24.3 Å². The Kier molecular flexibility index (Phi) is 3.35. The van der Waals surface area contributed by atoms with Gasteiger partial charge in [-0.15, -0.1) is 0 Å². The lowest BCUT2D eigenvalue weighted by Crippen LogP contribution is -2.10. The van der Waals surface area contributed by atoms with Crippen LogP contribution >= 0.6 is 0 Å². The van der Waals surface area contributed by atoms with Gasteiger partial charge in [-0.3, -0.25) is 9.59 Å². The number of hydrogen-bond acceptors (Lipinski definition) is 2. The van der Waals surface area contributed by atoms with Crippen LogP contribution in [0.4, 0.5) is 0 Å². The van der Waals surface area contributed by atoms with E-state index < -0.39 is 0 Å². The summed E-state index contributed by atoms with van der Waals surface area (Å²) in [6.45, 7) is 4.00. The number of hydrogen-bond donors (Lipinski definition) is 0. The van der Waals surface area contributed by atoms with E-state index in [4.69, 9.17) is 0 Å². The first-order chi connectivity index (χ1) is 6.79. The van der Waals surface area contributed by atoms with Crippen molar-refractivity contribution in [1.82, 2.24) is 0 Å². The molecule has 0 fully saturated rings. The minimum Gasteiger partial charge on any atom is -0.289 e. The van der Waals surface area contributed by atoms with E-state index in [2.05, 4.69) is 0 Å². The Morgan fingerprint density at radius 2 is 1.14 bits per heavy atom. The van der Waals surface area contributed by atoms with Crippen LogP contribution in [0.25, 0.3) is 0 Å². The molecular formula is C12H12O2. The molecule has 72 valence electrons. The summed E-state index contributed by atoms with van der Waals surface area (Å²) in [5.41, 5.74) is 1.01.